The lowest BCUT2D eigenvalue weighted by Crippen LogP contribution is -2.33. The summed E-state index contributed by atoms with van der Waals surface area (Å²) in [6.07, 6.45) is 6.78. The molecule has 2 aliphatic rings. The monoisotopic (exact) mass is 504 g/mol. The van der Waals surface area contributed by atoms with E-state index in [4.69, 9.17) is 18.9 Å². The number of rotatable bonds is 9. The Morgan fingerprint density at radius 3 is 1.31 bits per heavy atom. The second-order valence-corrected chi connectivity index (χ2v) is 9.59. The topological polar surface area (TPSA) is 43.4 Å². The van der Waals surface area contributed by atoms with E-state index >= 15 is 0 Å². The normalized spacial score (nSPS) is 19.8. The van der Waals surface area contributed by atoms with E-state index in [2.05, 4.69) is 48.2 Å². The minimum atomic E-state index is 0. The largest absolute Gasteiger partial charge is 0.493 e. The molecule has 0 spiro atoms. The molecule has 7 heteroatoms. The zero-order valence-corrected chi connectivity index (χ0v) is 22.9. The Kier molecular flexibility index (Phi) is 9.56. The van der Waals surface area contributed by atoms with Crippen molar-refractivity contribution in [2.75, 3.05) is 55.6 Å². The molecule has 0 bridgehead atoms. The van der Waals surface area contributed by atoms with Gasteiger partial charge in [-0.3, -0.25) is 9.80 Å². The number of methoxy groups -OCH3 is 4. The molecule has 0 radical (unpaired) electrons. The lowest BCUT2D eigenvalue weighted by atomic mass is 9.87. The molecule has 0 aromatic heterocycles. The van der Waals surface area contributed by atoms with Gasteiger partial charge in [-0.1, -0.05) is 12.8 Å². The zero-order valence-electron chi connectivity index (χ0n) is 22.1. The van der Waals surface area contributed by atoms with Crippen molar-refractivity contribution in [3.8, 4) is 23.0 Å². The lowest BCUT2D eigenvalue weighted by molar-refractivity contribution is 0.198. The highest BCUT2D eigenvalue weighted by Crippen LogP contribution is 2.41. The van der Waals surface area contributed by atoms with Crippen molar-refractivity contribution in [1.29, 1.82) is 0 Å². The molecular formula is C28H41ClN2O4. The Hall–Kier alpha value is -2.15. The summed E-state index contributed by atoms with van der Waals surface area (Å²) < 4.78 is 22.3. The molecule has 0 amide bonds. The number of benzene rings is 2. The minimum absolute atomic E-state index is 0. The highest BCUT2D eigenvalue weighted by atomic mass is 35.5. The summed E-state index contributed by atoms with van der Waals surface area (Å²) >= 11 is 0. The molecule has 6 nitrogen and oxygen atoms in total. The third-order valence-corrected chi connectivity index (χ3v) is 7.75. The third-order valence-electron chi connectivity index (χ3n) is 7.75. The van der Waals surface area contributed by atoms with Crippen LogP contribution < -0.4 is 18.9 Å². The smallest absolute Gasteiger partial charge is 0.161 e. The van der Waals surface area contributed by atoms with Crippen molar-refractivity contribution in [3.63, 3.8) is 0 Å². The van der Waals surface area contributed by atoms with Crippen molar-refractivity contribution in [3.05, 3.63) is 46.5 Å². The maximum absolute atomic E-state index is 5.60. The van der Waals surface area contributed by atoms with Crippen LogP contribution in [0, 0.1) is 0 Å². The zero-order chi connectivity index (χ0) is 24.2. The van der Waals surface area contributed by atoms with Crippen LogP contribution in [-0.2, 0) is 12.8 Å². The Morgan fingerprint density at radius 2 is 0.971 bits per heavy atom. The van der Waals surface area contributed by atoms with Crippen molar-refractivity contribution in [1.82, 2.24) is 9.80 Å². The van der Waals surface area contributed by atoms with Crippen LogP contribution in [0.4, 0.5) is 0 Å². The summed E-state index contributed by atoms with van der Waals surface area (Å²) in [5, 5.41) is 0. The van der Waals surface area contributed by atoms with E-state index in [-0.39, 0.29) is 12.4 Å². The van der Waals surface area contributed by atoms with E-state index in [9.17, 15) is 0 Å². The first-order chi connectivity index (χ1) is 16.5. The Bertz CT molecular complexity index is 920. The number of hydrogen-bond acceptors (Lipinski definition) is 6. The van der Waals surface area contributed by atoms with Gasteiger partial charge < -0.3 is 18.9 Å². The molecule has 0 saturated heterocycles. The van der Waals surface area contributed by atoms with Crippen LogP contribution in [-0.4, -0.2) is 65.4 Å². The summed E-state index contributed by atoms with van der Waals surface area (Å²) in [4.78, 5) is 4.99. The fourth-order valence-electron chi connectivity index (χ4n) is 5.73. The highest BCUT2D eigenvalue weighted by Gasteiger charge is 2.28. The van der Waals surface area contributed by atoms with Crippen LogP contribution in [0.15, 0.2) is 24.3 Å². The van der Waals surface area contributed by atoms with Gasteiger partial charge in [-0.25, -0.2) is 0 Å². The molecule has 0 N–H and O–H groups in total. The quantitative estimate of drug-likeness (QED) is 0.422. The standard InChI is InChI=1S/C28H40N2O4.ClH/c1-29-13-11-19-15-25(31-3)27(33-5)17-21(19)23(29)9-7-8-10-24-22-18-28(34-6)26(32-4)16-20(22)12-14-30(24)2;/h15-18,23-24H,7-14H2,1-6H3;1H. The van der Waals surface area contributed by atoms with Crippen LogP contribution >= 0.6 is 12.4 Å². The molecule has 0 fully saturated rings. The number of fused-ring (bicyclic) bond motifs is 2. The first kappa shape index (κ1) is 27.4. The number of unbranched alkanes of at least 4 members (excludes halogenated alkanes) is 1. The molecule has 2 aliphatic heterocycles. The van der Waals surface area contributed by atoms with Crippen LogP contribution in [0.2, 0.25) is 0 Å². The van der Waals surface area contributed by atoms with E-state index in [1.807, 2.05) is 0 Å². The van der Waals surface area contributed by atoms with Gasteiger partial charge in [-0.15, -0.1) is 12.4 Å². The van der Waals surface area contributed by atoms with Gasteiger partial charge >= 0.3 is 0 Å². The summed E-state index contributed by atoms with van der Waals surface area (Å²) in [5.74, 6) is 3.31. The molecule has 2 unspecified atom stereocenters. The van der Waals surface area contributed by atoms with Gasteiger partial charge in [0.1, 0.15) is 0 Å². The van der Waals surface area contributed by atoms with Crippen molar-refractivity contribution in [2.45, 2.75) is 50.6 Å². The summed E-state index contributed by atoms with van der Waals surface area (Å²) in [5.41, 5.74) is 5.57. The van der Waals surface area contributed by atoms with Crippen molar-refractivity contribution < 1.29 is 18.9 Å². The first-order valence-corrected chi connectivity index (χ1v) is 12.4. The SMILES string of the molecule is COc1cc2c(cc1OC)C(CCCCC1c3cc(OC)c(OC)cc3CCN1C)N(C)CC2.Cl. The molecule has 4 rings (SSSR count). The molecule has 2 aromatic rings. The third kappa shape index (κ3) is 5.65. The Morgan fingerprint density at radius 1 is 0.629 bits per heavy atom. The molecule has 35 heavy (non-hydrogen) atoms. The average Bonchev–Trinajstić information content (AvgIpc) is 2.86. The van der Waals surface area contributed by atoms with Gasteiger partial charge in [0.2, 0.25) is 0 Å². The fourth-order valence-corrected chi connectivity index (χ4v) is 5.73. The van der Waals surface area contributed by atoms with Gasteiger partial charge in [0.05, 0.1) is 28.4 Å². The summed E-state index contributed by atoms with van der Waals surface area (Å²) in [7, 11) is 11.3. The maximum Gasteiger partial charge on any atom is 0.161 e. The van der Waals surface area contributed by atoms with Crippen molar-refractivity contribution in [2.24, 2.45) is 0 Å². The van der Waals surface area contributed by atoms with Crippen LogP contribution in [0.1, 0.15) is 60.0 Å². The molecule has 0 saturated carbocycles. The molecule has 2 atom stereocenters. The number of nitrogens with zero attached hydrogens (tertiary/aromatic N) is 2. The second-order valence-electron chi connectivity index (χ2n) is 9.59. The van der Waals surface area contributed by atoms with Crippen LogP contribution in [0.5, 0.6) is 23.0 Å². The number of halogens is 1. The number of likely N-dealkylation sites (N-methyl/N-ethyl adjacent to an activating group) is 2. The second kappa shape index (κ2) is 12.2. The van der Waals surface area contributed by atoms with E-state index in [1.165, 1.54) is 35.1 Å². The number of ether oxygens (including phenoxy) is 4. The Balaban J connectivity index is 0.00000342. The average molecular weight is 505 g/mol. The predicted molar refractivity (Wildman–Crippen MR) is 143 cm³/mol. The van der Waals surface area contributed by atoms with E-state index in [0.717, 1.165) is 61.8 Å². The van der Waals surface area contributed by atoms with Gasteiger partial charge in [0, 0.05) is 25.2 Å². The van der Waals surface area contributed by atoms with E-state index in [1.54, 1.807) is 28.4 Å². The fraction of sp³-hybridized carbons (Fsp3) is 0.571. The molecular weight excluding hydrogens is 464 g/mol. The van der Waals surface area contributed by atoms with Gasteiger partial charge in [0.15, 0.2) is 23.0 Å². The minimum Gasteiger partial charge on any atom is -0.493 e. The summed E-state index contributed by atoms with van der Waals surface area (Å²) in [6, 6.07) is 9.57. The molecule has 2 aromatic carbocycles. The number of hydrogen-bond donors (Lipinski definition) is 0. The molecule has 2 heterocycles. The maximum atomic E-state index is 5.60. The van der Waals surface area contributed by atoms with Crippen molar-refractivity contribution >= 4 is 12.4 Å². The summed E-state index contributed by atoms with van der Waals surface area (Å²) in [6.45, 7) is 2.15. The van der Waals surface area contributed by atoms with Gasteiger partial charge in [-0.05, 0) is 86.3 Å². The van der Waals surface area contributed by atoms with Crippen LogP contribution in [0.25, 0.3) is 0 Å². The first-order valence-electron chi connectivity index (χ1n) is 12.4. The lowest BCUT2D eigenvalue weighted by Gasteiger charge is -2.36. The molecule has 0 aliphatic carbocycles. The van der Waals surface area contributed by atoms with Crippen LogP contribution in [0.3, 0.4) is 0 Å². The van der Waals surface area contributed by atoms with E-state index < -0.39 is 0 Å². The predicted octanol–water partition coefficient (Wildman–Crippen LogP) is 5.46. The van der Waals surface area contributed by atoms with Gasteiger partial charge in [-0.2, -0.15) is 0 Å². The van der Waals surface area contributed by atoms with E-state index in [0.29, 0.717) is 12.1 Å². The van der Waals surface area contributed by atoms with Gasteiger partial charge in [0.25, 0.3) is 0 Å². The highest BCUT2D eigenvalue weighted by molar-refractivity contribution is 5.85. The Labute approximate surface area is 216 Å². The molecule has 194 valence electrons.